The van der Waals surface area contributed by atoms with Crippen molar-refractivity contribution >= 4 is 12.1 Å². The molecule has 2 aliphatic heterocycles. The van der Waals surface area contributed by atoms with Gasteiger partial charge in [-0.3, -0.25) is 4.79 Å². The number of esters is 1. The molecule has 47 heavy (non-hydrogen) atoms. The number of carbonyl (C=O) groups excluding carboxylic acids is 2. The minimum Gasteiger partial charge on any atom is -0.457 e. The molecule has 2 aliphatic rings. The van der Waals surface area contributed by atoms with E-state index in [1.165, 1.54) is 0 Å². The summed E-state index contributed by atoms with van der Waals surface area (Å²) in [5, 5.41) is 31.8. The number of nitrogens with zero attached hydrogens (tertiary/aromatic N) is 2. The molecule has 11 heteroatoms. The summed E-state index contributed by atoms with van der Waals surface area (Å²) in [5.41, 5.74) is -1.38. The predicted octanol–water partition coefficient (Wildman–Crippen LogP) is 4.39. The summed E-state index contributed by atoms with van der Waals surface area (Å²) >= 11 is 0. The van der Waals surface area contributed by atoms with E-state index in [0.29, 0.717) is 39.0 Å². The smallest absolute Gasteiger partial charge is 0.410 e. The van der Waals surface area contributed by atoms with Crippen molar-refractivity contribution in [3.63, 3.8) is 0 Å². The van der Waals surface area contributed by atoms with Crippen molar-refractivity contribution in [1.29, 1.82) is 0 Å². The van der Waals surface area contributed by atoms with Crippen molar-refractivity contribution < 1.29 is 43.9 Å². The van der Waals surface area contributed by atoms with Gasteiger partial charge in [-0.15, -0.1) is 0 Å². The highest BCUT2D eigenvalue weighted by Crippen LogP contribution is 2.30. The molecule has 0 saturated carbocycles. The van der Waals surface area contributed by atoms with Crippen LogP contribution in [0, 0.1) is 5.92 Å². The van der Waals surface area contributed by atoms with E-state index in [1.54, 1.807) is 30.1 Å². The standard InChI is InChI=1S/C36H62N2O9/c1-10-30(40)28(6)45-27(5)24-35(7,43)17-12-13-25(3)33-26(4)14-15-31(46-34(42)38-21-19-37(9)20-22-38)36(8,44-11-2)18-16-29(39)23-32(41)47-33/h12-15,17,26-31,33,39-40,43H,10-11,16,18-24H2,1-9H3/b15-14+,17-12+,25-13+/t26-,27-,28+,29+,30-,31-,33+,35-,36+/m0/s1. The van der Waals surface area contributed by atoms with Crippen LogP contribution in [0.15, 0.2) is 36.0 Å². The van der Waals surface area contributed by atoms with Crippen molar-refractivity contribution in [3.05, 3.63) is 36.0 Å². The lowest BCUT2D eigenvalue weighted by molar-refractivity contribution is -0.152. The molecule has 2 heterocycles. The normalized spacial score (nSPS) is 31.2. The predicted molar refractivity (Wildman–Crippen MR) is 182 cm³/mol. The van der Waals surface area contributed by atoms with Gasteiger partial charge in [-0.05, 0) is 79.5 Å². The maximum Gasteiger partial charge on any atom is 0.410 e. The average molecular weight is 667 g/mol. The maximum atomic E-state index is 13.3. The summed E-state index contributed by atoms with van der Waals surface area (Å²) in [5.74, 6) is -0.839. The molecular weight excluding hydrogens is 604 g/mol. The molecular formula is C36H62N2O9. The number of piperazine rings is 1. The first kappa shape index (κ1) is 40.9. The fourth-order valence-electron chi connectivity index (χ4n) is 6.08. The largest absolute Gasteiger partial charge is 0.457 e. The molecule has 0 radical (unpaired) electrons. The summed E-state index contributed by atoms with van der Waals surface area (Å²) in [6.07, 6.45) is 6.24. The summed E-state index contributed by atoms with van der Waals surface area (Å²) in [7, 11) is 2.02. The molecule has 11 nitrogen and oxygen atoms in total. The molecule has 0 aromatic rings. The highest BCUT2D eigenvalue weighted by Gasteiger charge is 2.39. The van der Waals surface area contributed by atoms with Crippen molar-refractivity contribution in [3.8, 4) is 0 Å². The number of ether oxygens (including phenoxy) is 4. The number of hydrogen-bond acceptors (Lipinski definition) is 10. The molecule has 270 valence electrons. The van der Waals surface area contributed by atoms with Gasteiger partial charge in [-0.2, -0.15) is 0 Å². The van der Waals surface area contributed by atoms with Crippen molar-refractivity contribution in [1.82, 2.24) is 9.80 Å². The number of likely N-dealkylation sites (N-methyl/N-ethyl adjacent to an activating group) is 1. The van der Waals surface area contributed by atoms with Gasteiger partial charge >= 0.3 is 12.1 Å². The SMILES string of the molecule is CCO[C@]1(C)CC[C@@H](O)CC(=O)O[C@H](/C(C)=C/C=C/[C@](C)(O)C[C@H](C)O[C@H](C)[C@@H](O)CC)[C@@H](C)/C=C/[C@@H]1OC(=O)N1CCN(C)CC1. The number of rotatable bonds is 12. The Balaban J connectivity index is 2.30. The number of aliphatic hydroxyl groups is 3. The van der Waals surface area contributed by atoms with Gasteiger partial charge in [0.25, 0.3) is 0 Å². The summed E-state index contributed by atoms with van der Waals surface area (Å²) < 4.78 is 24.1. The number of aliphatic hydroxyl groups excluding tert-OH is 2. The zero-order valence-corrected chi connectivity index (χ0v) is 30.2. The van der Waals surface area contributed by atoms with Gasteiger partial charge in [0.05, 0.1) is 36.4 Å². The van der Waals surface area contributed by atoms with E-state index < -0.39 is 47.7 Å². The van der Waals surface area contributed by atoms with Crippen LogP contribution in [-0.2, 0) is 23.7 Å². The van der Waals surface area contributed by atoms with Gasteiger partial charge in [0.2, 0.25) is 0 Å². The molecule has 1 saturated heterocycles. The molecule has 0 aliphatic carbocycles. The van der Waals surface area contributed by atoms with Crippen molar-refractivity contribution in [2.24, 2.45) is 5.92 Å². The number of hydrogen-bond donors (Lipinski definition) is 3. The number of amides is 1. The molecule has 0 unspecified atom stereocenters. The van der Waals surface area contributed by atoms with E-state index >= 15 is 0 Å². The molecule has 0 aromatic heterocycles. The Kier molecular flexibility index (Phi) is 16.6. The number of cyclic esters (lactones) is 1. The summed E-state index contributed by atoms with van der Waals surface area (Å²) in [6.45, 7) is 17.8. The van der Waals surface area contributed by atoms with Crippen LogP contribution in [0.4, 0.5) is 4.79 Å². The van der Waals surface area contributed by atoms with Gasteiger partial charge in [-0.1, -0.05) is 38.2 Å². The third kappa shape index (κ3) is 13.6. The first-order valence-corrected chi connectivity index (χ1v) is 17.3. The van der Waals surface area contributed by atoms with Crippen LogP contribution < -0.4 is 0 Å². The first-order valence-electron chi connectivity index (χ1n) is 17.3. The van der Waals surface area contributed by atoms with E-state index in [9.17, 15) is 24.9 Å². The van der Waals surface area contributed by atoms with E-state index in [-0.39, 0.29) is 31.0 Å². The summed E-state index contributed by atoms with van der Waals surface area (Å²) in [4.78, 5) is 30.1. The Morgan fingerprint density at radius 3 is 2.49 bits per heavy atom. The first-order chi connectivity index (χ1) is 22.0. The molecule has 2 rings (SSSR count). The van der Waals surface area contributed by atoms with Gasteiger partial charge in [0, 0.05) is 45.1 Å². The lowest BCUT2D eigenvalue weighted by Gasteiger charge is -2.38. The molecule has 0 aromatic carbocycles. The monoisotopic (exact) mass is 666 g/mol. The quantitative estimate of drug-likeness (QED) is 0.156. The van der Waals surface area contributed by atoms with E-state index in [0.717, 1.165) is 18.7 Å². The molecule has 0 bridgehead atoms. The van der Waals surface area contributed by atoms with Crippen molar-refractivity contribution in [2.75, 3.05) is 39.8 Å². The third-order valence-electron chi connectivity index (χ3n) is 9.14. The second kappa shape index (κ2) is 19.0. The van der Waals surface area contributed by atoms with Gasteiger partial charge in [0.15, 0.2) is 6.10 Å². The molecule has 0 spiro atoms. The second-order valence-corrected chi connectivity index (χ2v) is 13.8. The minimum atomic E-state index is -1.18. The maximum absolute atomic E-state index is 13.3. The zero-order valence-electron chi connectivity index (χ0n) is 30.2. The fraction of sp³-hybridized carbons (Fsp3) is 0.778. The molecule has 1 amide bonds. The Bertz CT molecular complexity index is 1070. The lowest BCUT2D eigenvalue weighted by atomic mass is 9.88. The number of carbonyl (C=O) groups is 2. The molecule has 3 N–H and O–H groups in total. The zero-order chi connectivity index (χ0) is 35.4. The van der Waals surface area contributed by atoms with E-state index in [1.807, 2.05) is 67.7 Å². The number of allylic oxidation sites excluding steroid dienone is 2. The molecule has 1 fully saturated rings. The van der Waals surface area contributed by atoms with Crippen LogP contribution in [0.2, 0.25) is 0 Å². The Labute approximate surface area is 282 Å². The Morgan fingerprint density at radius 2 is 1.87 bits per heavy atom. The lowest BCUT2D eigenvalue weighted by Crippen LogP contribution is -2.51. The van der Waals surface area contributed by atoms with Crippen LogP contribution in [0.5, 0.6) is 0 Å². The van der Waals surface area contributed by atoms with E-state index in [4.69, 9.17) is 18.9 Å². The third-order valence-corrected chi connectivity index (χ3v) is 9.14. The highest BCUT2D eigenvalue weighted by molar-refractivity contribution is 5.70. The van der Waals surface area contributed by atoms with Crippen LogP contribution in [0.3, 0.4) is 0 Å². The van der Waals surface area contributed by atoms with Crippen molar-refractivity contribution in [2.45, 2.75) is 135 Å². The molecule has 9 atom stereocenters. The van der Waals surface area contributed by atoms with Gasteiger partial charge < -0.3 is 44.1 Å². The van der Waals surface area contributed by atoms with Crippen LogP contribution in [-0.4, -0.2) is 125 Å². The van der Waals surface area contributed by atoms with Gasteiger partial charge in [0.1, 0.15) is 11.7 Å². The minimum absolute atomic E-state index is 0.179. The average Bonchev–Trinajstić information content (AvgIpc) is 2.99. The highest BCUT2D eigenvalue weighted by atomic mass is 16.6. The Hall–Kier alpha value is -2.28. The van der Waals surface area contributed by atoms with E-state index in [2.05, 4.69) is 4.90 Å². The van der Waals surface area contributed by atoms with Crippen LogP contribution >= 0.6 is 0 Å². The fourth-order valence-corrected chi connectivity index (χ4v) is 6.08. The van der Waals surface area contributed by atoms with Crippen LogP contribution in [0.1, 0.15) is 87.5 Å². The van der Waals surface area contributed by atoms with Gasteiger partial charge in [-0.25, -0.2) is 4.79 Å². The Morgan fingerprint density at radius 1 is 1.21 bits per heavy atom. The second-order valence-electron chi connectivity index (χ2n) is 13.8. The topological polar surface area (TPSA) is 138 Å². The van der Waals surface area contributed by atoms with Crippen LogP contribution in [0.25, 0.3) is 0 Å². The summed E-state index contributed by atoms with van der Waals surface area (Å²) in [6, 6.07) is 0.